The third kappa shape index (κ3) is 7.40. The molecule has 236 valence electrons. The Labute approximate surface area is 271 Å². The molecule has 1 unspecified atom stereocenters. The van der Waals surface area contributed by atoms with Crippen LogP contribution >= 0.6 is 11.6 Å². The van der Waals surface area contributed by atoms with Gasteiger partial charge in [-0.05, 0) is 68.4 Å². The zero-order valence-electron chi connectivity index (χ0n) is 25.3. The van der Waals surface area contributed by atoms with E-state index in [4.69, 9.17) is 25.8 Å². The Morgan fingerprint density at radius 2 is 2.11 bits per heavy atom. The van der Waals surface area contributed by atoms with E-state index in [-0.39, 0.29) is 30.5 Å². The molecule has 11 heteroatoms. The monoisotopic (exact) mass is 641 g/mol. The summed E-state index contributed by atoms with van der Waals surface area (Å²) in [5.74, 6) is 0.267. The molecule has 2 aliphatic heterocycles. The highest BCUT2D eigenvalue weighted by atomic mass is 35.5. The Bertz CT molecular complexity index is 1820. The molecule has 1 amide bonds. The van der Waals surface area contributed by atoms with E-state index in [2.05, 4.69) is 26.6 Å². The minimum Gasteiger partial charge on any atom is -0.487 e. The lowest BCUT2D eigenvalue weighted by molar-refractivity contribution is -0.112. The lowest BCUT2D eigenvalue weighted by Crippen LogP contribution is -2.23. The molecule has 4 aromatic rings. The first-order valence-corrected chi connectivity index (χ1v) is 15.5. The fourth-order valence-corrected chi connectivity index (χ4v) is 5.83. The van der Waals surface area contributed by atoms with Crippen molar-refractivity contribution in [2.45, 2.75) is 38.0 Å². The Kier molecular flexibility index (Phi) is 9.64. The number of amides is 1. The SMILES string of the molecule is CN1CCCC1/C=C/C(=O)Nc1cc2c(Nc3ccc(OCc4cccc(F)c4)c(Cl)c3)c(C#N)cnc2cc1O[C@H]1CCOC1. The van der Waals surface area contributed by atoms with Crippen molar-refractivity contribution in [1.82, 2.24) is 9.88 Å². The van der Waals surface area contributed by atoms with E-state index in [1.165, 1.54) is 18.3 Å². The second-order valence-corrected chi connectivity index (χ2v) is 11.8. The van der Waals surface area contributed by atoms with Gasteiger partial charge in [0, 0.05) is 41.9 Å². The van der Waals surface area contributed by atoms with Crippen LogP contribution in [0, 0.1) is 17.1 Å². The summed E-state index contributed by atoms with van der Waals surface area (Å²) in [6, 6.07) is 17.3. The highest BCUT2D eigenvalue weighted by Crippen LogP contribution is 2.38. The maximum absolute atomic E-state index is 13.6. The molecule has 6 rings (SSSR count). The largest absolute Gasteiger partial charge is 0.487 e. The topological polar surface area (TPSA) is 109 Å². The molecule has 0 bridgehead atoms. The summed E-state index contributed by atoms with van der Waals surface area (Å²) in [5.41, 5.74) is 3.09. The number of aromatic nitrogens is 1. The molecule has 0 aliphatic carbocycles. The van der Waals surface area contributed by atoms with Crippen molar-refractivity contribution < 1.29 is 23.4 Å². The Balaban J connectivity index is 1.29. The van der Waals surface area contributed by atoms with Gasteiger partial charge in [0.1, 0.15) is 36.1 Å². The number of nitriles is 1. The van der Waals surface area contributed by atoms with Crippen LogP contribution < -0.4 is 20.1 Å². The number of hydrogen-bond donors (Lipinski definition) is 2. The van der Waals surface area contributed by atoms with Crippen LogP contribution in [-0.4, -0.2) is 54.7 Å². The van der Waals surface area contributed by atoms with Gasteiger partial charge in [-0.15, -0.1) is 0 Å². The predicted molar refractivity (Wildman–Crippen MR) is 175 cm³/mol. The number of hydrogen-bond acceptors (Lipinski definition) is 8. The molecule has 2 N–H and O–H groups in total. The van der Waals surface area contributed by atoms with Gasteiger partial charge in [-0.3, -0.25) is 14.7 Å². The minimum atomic E-state index is -0.341. The summed E-state index contributed by atoms with van der Waals surface area (Å²) in [6.45, 7) is 2.21. The quantitative estimate of drug-likeness (QED) is 0.179. The number of anilines is 3. The fourth-order valence-electron chi connectivity index (χ4n) is 5.60. The lowest BCUT2D eigenvalue weighted by atomic mass is 10.1. The van der Waals surface area contributed by atoms with E-state index in [0.717, 1.165) is 25.8 Å². The van der Waals surface area contributed by atoms with E-state index in [1.54, 1.807) is 48.5 Å². The Morgan fingerprint density at radius 1 is 1.22 bits per heavy atom. The van der Waals surface area contributed by atoms with Gasteiger partial charge in [0.25, 0.3) is 0 Å². The molecule has 3 aromatic carbocycles. The molecule has 46 heavy (non-hydrogen) atoms. The molecule has 0 saturated carbocycles. The van der Waals surface area contributed by atoms with E-state index >= 15 is 0 Å². The number of pyridine rings is 1. The van der Waals surface area contributed by atoms with Gasteiger partial charge < -0.3 is 24.8 Å². The van der Waals surface area contributed by atoms with Crippen LogP contribution in [0.25, 0.3) is 10.9 Å². The van der Waals surface area contributed by atoms with Gasteiger partial charge >= 0.3 is 0 Å². The number of likely N-dealkylation sites (N-methyl/N-ethyl adjacent to an activating group) is 1. The van der Waals surface area contributed by atoms with Gasteiger partial charge in [-0.25, -0.2) is 4.39 Å². The Hall–Kier alpha value is -4.69. The van der Waals surface area contributed by atoms with Crippen molar-refractivity contribution in [2.75, 3.05) is 37.4 Å². The van der Waals surface area contributed by atoms with Crippen molar-refractivity contribution in [2.24, 2.45) is 0 Å². The molecule has 0 radical (unpaired) electrons. The minimum absolute atomic E-state index is 0.149. The zero-order valence-corrected chi connectivity index (χ0v) is 26.0. The highest BCUT2D eigenvalue weighted by Gasteiger charge is 2.22. The van der Waals surface area contributed by atoms with Crippen LogP contribution in [-0.2, 0) is 16.1 Å². The number of nitrogens with one attached hydrogen (secondary N) is 2. The second kappa shape index (κ2) is 14.2. The first-order valence-electron chi connectivity index (χ1n) is 15.1. The summed E-state index contributed by atoms with van der Waals surface area (Å²) in [5, 5.41) is 17.2. The second-order valence-electron chi connectivity index (χ2n) is 11.4. The summed E-state index contributed by atoms with van der Waals surface area (Å²) in [4.78, 5) is 19.8. The third-order valence-electron chi connectivity index (χ3n) is 8.06. The number of halogens is 2. The predicted octanol–water partition coefficient (Wildman–Crippen LogP) is 6.98. The maximum Gasteiger partial charge on any atom is 0.248 e. The van der Waals surface area contributed by atoms with Crippen LogP contribution in [0.5, 0.6) is 11.5 Å². The van der Waals surface area contributed by atoms with Crippen LogP contribution in [0.1, 0.15) is 30.4 Å². The van der Waals surface area contributed by atoms with Crippen LogP contribution in [0.3, 0.4) is 0 Å². The first-order chi connectivity index (χ1) is 22.4. The fraction of sp³-hybridized carbons (Fsp3) is 0.286. The smallest absolute Gasteiger partial charge is 0.248 e. The number of rotatable bonds is 10. The summed E-state index contributed by atoms with van der Waals surface area (Å²) >= 11 is 6.55. The highest BCUT2D eigenvalue weighted by molar-refractivity contribution is 6.32. The van der Waals surface area contributed by atoms with Crippen LogP contribution in [0.15, 0.2) is 72.9 Å². The molecule has 2 aliphatic rings. The number of carbonyl (C=O) groups is 1. The van der Waals surface area contributed by atoms with E-state index in [0.29, 0.717) is 68.8 Å². The average Bonchev–Trinajstić information content (AvgIpc) is 3.71. The number of benzene rings is 3. The molecule has 2 fully saturated rings. The van der Waals surface area contributed by atoms with Crippen molar-refractivity contribution >= 4 is 45.5 Å². The van der Waals surface area contributed by atoms with E-state index in [1.807, 2.05) is 13.1 Å². The lowest BCUT2D eigenvalue weighted by Gasteiger charge is -2.19. The van der Waals surface area contributed by atoms with Crippen molar-refractivity contribution in [1.29, 1.82) is 5.26 Å². The standard InChI is InChI=1S/C35H33ClFN5O4/c1-42-12-3-6-26(42)8-10-34(43)41-31-16-28-30(17-33(31)46-27-11-13-44-21-27)39-19-23(18-38)35(28)40-25-7-9-32(29(36)15-25)45-20-22-4-2-5-24(37)14-22/h2,4-5,7-10,14-17,19,26-27H,3,6,11-13,20-21H2,1H3,(H,39,40)(H,41,43)/b10-8+/t26?,27-/m0/s1. The third-order valence-corrected chi connectivity index (χ3v) is 8.36. The molecule has 3 heterocycles. The number of likely N-dealkylation sites (tertiary alicyclic amines) is 1. The summed E-state index contributed by atoms with van der Waals surface area (Å²) in [6.07, 6.45) is 7.65. The maximum atomic E-state index is 13.6. The van der Waals surface area contributed by atoms with Gasteiger partial charge in [0.05, 0.1) is 40.7 Å². The molecular formula is C35H33ClFN5O4. The van der Waals surface area contributed by atoms with Crippen molar-refractivity contribution in [3.05, 3.63) is 94.9 Å². The summed E-state index contributed by atoms with van der Waals surface area (Å²) < 4.78 is 31.1. The van der Waals surface area contributed by atoms with Crippen LogP contribution in [0.4, 0.5) is 21.5 Å². The number of nitrogens with zero attached hydrogens (tertiary/aromatic N) is 3. The Morgan fingerprint density at radius 3 is 2.85 bits per heavy atom. The van der Waals surface area contributed by atoms with Crippen molar-refractivity contribution in [3.8, 4) is 17.6 Å². The van der Waals surface area contributed by atoms with Crippen LogP contribution in [0.2, 0.25) is 5.02 Å². The number of fused-ring (bicyclic) bond motifs is 1. The van der Waals surface area contributed by atoms with Gasteiger partial charge in [-0.2, -0.15) is 5.26 Å². The molecule has 9 nitrogen and oxygen atoms in total. The molecule has 2 atom stereocenters. The summed E-state index contributed by atoms with van der Waals surface area (Å²) in [7, 11) is 2.05. The molecule has 1 aromatic heterocycles. The number of carbonyl (C=O) groups excluding carboxylic acids is 1. The molecule has 0 spiro atoms. The number of ether oxygens (including phenoxy) is 3. The van der Waals surface area contributed by atoms with Crippen molar-refractivity contribution in [3.63, 3.8) is 0 Å². The molecular weight excluding hydrogens is 609 g/mol. The molecule has 2 saturated heterocycles. The average molecular weight is 642 g/mol. The van der Waals surface area contributed by atoms with E-state index < -0.39 is 0 Å². The van der Waals surface area contributed by atoms with Gasteiger partial charge in [0.15, 0.2) is 0 Å². The normalized spacial score (nSPS) is 18.1. The van der Waals surface area contributed by atoms with E-state index in [9.17, 15) is 14.4 Å². The first kappa shape index (κ1) is 31.3. The zero-order chi connectivity index (χ0) is 32.0. The van der Waals surface area contributed by atoms with Gasteiger partial charge in [-0.1, -0.05) is 29.8 Å². The van der Waals surface area contributed by atoms with Gasteiger partial charge in [0.2, 0.25) is 5.91 Å².